The van der Waals surface area contributed by atoms with Gasteiger partial charge >= 0.3 is 0 Å². The van der Waals surface area contributed by atoms with Crippen molar-refractivity contribution in [2.45, 2.75) is 36.0 Å². The van der Waals surface area contributed by atoms with E-state index in [1.165, 1.54) is 0 Å². The van der Waals surface area contributed by atoms with E-state index in [1.807, 2.05) is 31.2 Å². The first-order chi connectivity index (χ1) is 8.37. The van der Waals surface area contributed by atoms with Gasteiger partial charge in [0.05, 0.1) is 5.54 Å². The van der Waals surface area contributed by atoms with Crippen LogP contribution in [0.25, 0.3) is 0 Å². The van der Waals surface area contributed by atoms with Crippen molar-refractivity contribution in [2.75, 3.05) is 7.05 Å². The number of rotatable bonds is 6. The number of likely N-dealkylation sites (N-methyl/N-ethyl adjacent to an activating group) is 1. The summed E-state index contributed by atoms with van der Waals surface area (Å²) in [5.41, 5.74) is 4.74. The lowest BCUT2D eigenvalue weighted by Gasteiger charge is -2.28. The number of benzene rings is 1. The molecule has 0 spiro atoms. The second-order valence-corrected chi connectivity index (χ2v) is 6.48. The minimum Gasteiger partial charge on any atom is -0.368 e. The van der Waals surface area contributed by atoms with E-state index in [9.17, 15) is 4.79 Å². The van der Waals surface area contributed by atoms with E-state index < -0.39 is 5.54 Å². The number of carbonyl (C=O) groups excluding carboxylic acids is 1. The third kappa shape index (κ3) is 4.19. The molecule has 0 fully saturated rings. The first-order valence-corrected chi connectivity index (χ1v) is 7.04. The zero-order chi connectivity index (χ0) is 13.8. The molecule has 1 amide bonds. The van der Waals surface area contributed by atoms with Crippen molar-refractivity contribution in [2.24, 2.45) is 5.73 Å². The standard InChI is InChI=1S/C13H19ClN2OS/c1-9(8-13(2,16-3)12(15)17)18-11-6-4-5-10(14)7-11/h4-7,9,16H,8H2,1-3H3,(H2,15,17). The number of halogens is 1. The highest BCUT2D eigenvalue weighted by atomic mass is 35.5. The minimum absolute atomic E-state index is 0.258. The molecule has 100 valence electrons. The molecule has 2 atom stereocenters. The molecule has 0 saturated heterocycles. The number of nitrogens with two attached hydrogens (primary N) is 1. The number of hydrogen-bond donors (Lipinski definition) is 2. The lowest BCUT2D eigenvalue weighted by Crippen LogP contribution is -2.52. The molecule has 2 unspecified atom stereocenters. The molecule has 3 nitrogen and oxygen atoms in total. The van der Waals surface area contributed by atoms with Crippen molar-refractivity contribution in [3.63, 3.8) is 0 Å². The van der Waals surface area contributed by atoms with Crippen LogP contribution in [0.5, 0.6) is 0 Å². The van der Waals surface area contributed by atoms with Gasteiger partial charge in [0.25, 0.3) is 0 Å². The Kier molecular flexibility index (Phi) is 5.50. The summed E-state index contributed by atoms with van der Waals surface area (Å²) in [6.07, 6.45) is 0.663. The maximum Gasteiger partial charge on any atom is 0.237 e. The van der Waals surface area contributed by atoms with E-state index >= 15 is 0 Å². The average molecular weight is 287 g/mol. The number of nitrogens with one attached hydrogen (secondary N) is 1. The Hall–Kier alpha value is -0.710. The molecule has 0 aliphatic carbocycles. The lowest BCUT2D eigenvalue weighted by molar-refractivity contribution is -0.123. The zero-order valence-corrected chi connectivity index (χ0v) is 12.4. The van der Waals surface area contributed by atoms with Gasteiger partial charge in [-0.1, -0.05) is 24.6 Å². The Balaban J connectivity index is 2.66. The number of thioether (sulfide) groups is 1. The van der Waals surface area contributed by atoms with Crippen molar-refractivity contribution in [1.29, 1.82) is 0 Å². The SMILES string of the molecule is CNC(C)(CC(C)Sc1cccc(Cl)c1)C(N)=O. The van der Waals surface area contributed by atoms with Crippen LogP contribution in [0, 0.1) is 0 Å². The summed E-state index contributed by atoms with van der Waals surface area (Å²) >= 11 is 7.62. The van der Waals surface area contributed by atoms with E-state index in [4.69, 9.17) is 17.3 Å². The normalized spacial score (nSPS) is 16.0. The van der Waals surface area contributed by atoms with Crippen LogP contribution in [0.3, 0.4) is 0 Å². The summed E-state index contributed by atoms with van der Waals surface area (Å²) in [5.74, 6) is -0.330. The highest BCUT2D eigenvalue weighted by molar-refractivity contribution is 8.00. The zero-order valence-electron chi connectivity index (χ0n) is 10.9. The summed E-state index contributed by atoms with van der Waals surface area (Å²) in [4.78, 5) is 12.5. The van der Waals surface area contributed by atoms with Gasteiger partial charge in [-0.05, 0) is 38.6 Å². The van der Waals surface area contributed by atoms with Gasteiger partial charge in [0.15, 0.2) is 0 Å². The second-order valence-electron chi connectivity index (χ2n) is 4.54. The minimum atomic E-state index is -0.676. The Bertz CT molecular complexity index is 427. The predicted octanol–water partition coefficient (Wildman–Crippen LogP) is 2.67. The van der Waals surface area contributed by atoms with Gasteiger partial charge in [-0.15, -0.1) is 11.8 Å². The van der Waals surface area contributed by atoms with Crippen molar-refractivity contribution >= 4 is 29.3 Å². The monoisotopic (exact) mass is 286 g/mol. The van der Waals surface area contributed by atoms with Crippen LogP contribution in [-0.2, 0) is 4.79 Å². The van der Waals surface area contributed by atoms with Gasteiger partial charge in [-0.3, -0.25) is 4.79 Å². The van der Waals surface area contributed by atoms with Gasteiger partial charge in [-0.25, -0.2) is 0 Å². The van der Waals surface area contributed by atoms with Gasteiger partial charge in [0.2, 0.25) is 5.91 Å². The molecule has 1 aromatic rings. The van der Waals surface area contributed by atoms with E-state index in [2.05, 4.69) is 12.2 Å². The van der Waals surface area contributed by atoms with E-state index in [0.29, 0.717) is 6.42 Å². The summed E-state index contributed by atoms with van der Waals surface area (Å²) in [7, 11) is 1.75. The molecule has 0 bridgehead atoms. The summed E-state index contributed by atoms with van der Waals surface area (Å²) < 4.78 is 0. The molecule has 18 heavy (non-hydrogen) atoms. The molecule has 1 aromatic carbocycles. The number of hydrogen-bond acceptors (Lipinski definition) is 3. The third-order valence-electron chi connectivity index (χ3n) is 2.92. The fraction of sp³-hybridized carbons (Fsp3) is 0.462. The predicted molar refractivity (Wildman–Crippen MR) is 78.0 cm³/mol. The average Bonchev–Trinajstić information content (AvgIpc) is 2.28. The fourth-order valence-corrected chi connectivity index (χ4v) is 3.20. The molecule has 0 aliphatic rings. The quantitative estimate of drug-likeness (QED) is 0.791. The Morgan fingerprint density at radius 3 is 2.78 bits per heavy atom. The van der Waals surface area contributed by atoms with Gasteiger partial charge in [0.1, 0.15) is 0 Å². The van der Waals surface area contributed by atoms with E-state index in [1.54, 1.807) is 18.8 Å². The molecular weight excluding hydrogens is 268 g/mol. The number of carbonyl (C=O) groups is 1. The van der Waals surface area contributed by atoms with Crippen LogP contribution in [0.4, 0.5) is 0 Å². The molecule has 0 radical (unpaired) electrons. The molecule has 1 rings (SSSR count). The van der Waals surface area contributed by atoms with E-state index in [0.717, 1.165) is 9.92 Å². The van der Waals surface area contributed by atoms with Crippen LogP contribution in [0.2, 0.25) is 5.02 Å². The first-order valence-electron chi connectivity index (χ1n) is 5.78. The summed E-state index contributed by atoms with van der Waals surface area (Å²) in [6.45, 7) is 3.90. The Morgan fingerprint density at radius 2 is 2.28 bits per heavy atom. The number of primary amides is 1. The molecule has 5 heteroatoms. The molecule has 0 aliphatic heterocycles. The van der Waals surface area contributed by atoms with Crippen LogP contribution < -0.4 is 11.1 Å². The van der Waals surface area contributed by atoms with Crippen molar-refractivity contribution in [3.8, 4) is 0 Å². The maximum atomic E-state index is 11.4. The van der Waals surface area contributed by atoms with Crippen molar-refractivity contribution in [3.05, 3.63) is 29.3 Å². The summed E-state index contributed by atoms with van der Waals surface area (Å²) in [5, 5.41) is 3.97. The molecule has 0 saturated carbocycles. The topological polar surface area (TPSA) is 55.1 Å². The van der Waals surface area contributed by atoms with Gasteiger partial charge in [-0.2, -0.15) is 0 Å². The molecule has 0 aromatic heterocycles. The summed E-state index contributed by atoms with van der Waals surface area (Å²) in [6, 6.07) is 7.69. The van der Waals surface area contributed by atoms with Crippen LogP contribution >= 0.6 is 23.4 Å². The first kappa shape index (κ1) is 15.3. The largest absolute Gasteiger partial charge is 0.368 e. The van der Waals surface area contributed by atoms with Crippen molar-refractivity contribution in [1.82, 2.24) is 5.32 Å². The molecular formula is C13H19ClN2OS. The molecule has 0 heterocycles. The highest BCUT2D eigenvalue weighted by Gasteiger charge is 2.31. The lowest BCUT2D eigenvalue weighted by atomic mass is 9.95. The maximum absolute atomic E-state index is 11.4. The van der Waals surface area contributed by atoms with Gasteiger partial charge in [0, 0.05) is 15.2 Å². The van der Waals surface area contributed by atoms with E-state index in [-0.39, 0.29) is 11.2 Å². The smallest absolute Gasteiger partial charge is 0.237 e. The highest BCUT2D eigenvalue weighted by Crippen LogP contribution is 2.30. The van der Waals surface area contributed by atoms with Crippen LogP contribution in [0.1, 0.15) is 20.3 Å². The van der Waals surface area contributed by atoms with Crippen molar-refractivity contribution < 1.29 is 4.79 Å². The number of amides is 1. The van der Waals surface area contributed by atoms with Crippen LogP contribution in [0.15, 0.2) is 29.2 Å². The third-order valence-corrected chi connectivity index (χ3v) is 4.25. The van der Waals surface area contributed by atoms with Gasteiger partial charge < -0.3 is 11.1 Å². The van der Waals surface area contributed by atoms with Crippen LogP contribution in [-0.4, -0.2) is 23.7 Å². The molecule has 3 N–H and O–H groups in total. The fourth-order valence-electron chi connectivity index (χ4n) is 1.72. The Labute approximate surface area is 117 Å². The second kappa shape index (κ2) is 6.45. The Morgan fingerprint density at radius 1 is 1.61 bits per heavy atom.